The number of methoxy groups -OCH3 is 1. The Morgan fingerprint density at radius 2 is 1.86 bits per heavy atom. The van der Waals surface area contributed by atoms with Gasteiger partial charge in [-0.1, -0.05) is 18.0 Å². The molecule has 1 fully saturated rings. The molecule has 150 valence electrons. The van der Waals surface area contributed by atoms with E-state index >= 15 is 0 Å². The number of nitrogens with zero attached hydrogens (tertiary/aromatic N) is 2. The van der Waals surface area contributed by atoms with Crippen LogP contribution in [0, 0.1) is 5.82 Å². The Kier molecular flexibility index (Phi) is 5.60. The zero-order valence-corrected chi connectivity index (χ0v) is 16.3. The van der Waals surface area contributed by atoms with E-state index in [9.17, 15) is 9.18 Å². The Hall–Kier alpha value is -3.15. The second kappa shape index (κ2) is 8.47. The summed E-state index contributed by atoms with van der Waals surface area (Å²) in [6, 6.07) is 15.0. The first kappa shape index (κ1) is 19.2. The van der Waals surface area contributed by atoms with Gasteiger partial charge < -0.3 is 14.2 Å². The summed E-state index contributed by atoms with van der Waals surface area (Å²) in [4.78, 5) is 15.0. The van der Waals surface area contributed by atoms with Crippen molar-refractivity contribution in [1.82, 2.24) is 10.1 Å². The number of halogens is 1. The second-order valence-corrected chi connectivity index (χ2v) is 7.21. The van der Waals surface area contributed by atoms with Gasteiger partial charge in [0, 0.05) is 23.7 Å². The summed E-state index contributed by atoms with van der Waals surface area (Å²) in [7, 11) is 1.63. The maximum Gasteiger partial charge on any atom is 0.254 e. The summed E-state index contributed by atoms with van der Waals surface area (Å²) in [6.45, 7) is 0.638. The third kappa shape index (κ3) is 4.16. The molecule has 0 saturated carbocycles. The Morgan fingerprint density at radius 1 is 1.10 bits per heavy atom. The van der Waals surface area contributed by atoms with Crippen LogP contribution in [0.4, 0.5) is 4.39 Å². The third-order valence-electron chi connectivity index (χ3n) is 5.35. The lowest BCUT2D eigenvalue weighted by molar-refractivity contribution is 0.0651. The van der Waals surface area contributed by atoms with Crippen LogP contribution < -0.4 is 4.74 Å². The van der Waals surface area contributed by atoms with E-state index in [1.54, 1.807) is 7.11 Å². The van der Waals surface area contributed by atoms with Crippen molar-refractivity contribution in [3.63, 3.8) is 0 Å². The van der Waals surface area contributed by atoms with Gasteiger partial charge in [0.1, 0.15) is 17.3 Å². The lowest BCUT2D eigenvalue weighted by Crippen LogP contribution is -2.34. The predicted octanol–water partition coefficient (Wildman–Crippen LogP) is 5.25. The number of hydrogen-bond acceptors (Lipinski definition) is 4. The lowest BCUT2D eigenvalue weighted by Gasteiger charge is -2.28. The molecule has 5 nitrogen and oxygen atoms in total. The van der Waals surface area contributed by atoms with Gasteiger partial charge in [0.25, 0.3) is 5.91 Å². The molecular weight excluding hydrogens is 371 g/mol. The van der Waals surface area contributed by atoms with Crippen molar-refractivity contribution in [2.75, 3.05) is 13.7 Å². The van der Waals surface area contributed by atoms with Gasteiger partial charge in [0.15, 0.2) is 5.76 Å². The van der Waals surface area contributed by atoms with Crippen LogP contribution in [0.2, 0.25) is 0 Å². The highest BCUT2D eigenvalue weighted by atomic mass is 19.1. The topological polar surface area (TPSA) is 55.6 Å². The monoisotopic (exact) mass is 394 g/mol. The van der Waals surface area contributed by atoms with E-state index in [4.69, 9.17) is 9.26 Å². The van der Waals surface area contributed by atoms with Crippen LogP contribution in [-0.4, -0.2) is 29.6 Å². The summed E-state index contributed by atoms with van der Waals surface area (Å²) in [5.41, 5.74) is 2.13. The van der Waals surface area contributed by atoms with Crippen LogP contribution in [0.3, 0.4) is 0 Å². The van der Waals surface area contributed by atoms with Crippen molar-refractivity contribution in [3.05, 3.63) is 71.7 Å². The molecule has 1 saturated heterocycles. The smallest absolute Gasteiger partial charge is 0.254 e. The number of aromatic nitrogens is 1. The molecule has 0 unspecified atom stereocenters. The van der Waals surface area contributed by atoms with E-state index in [2.05, 4.69) is 5.16 Å². The van der Waals surface area contributed by atoms with Gasteiger partial charge in [-0.15, -0.1) is 0 Å². The summed E-state index contributed by atoms with van der Waals surface area (Å²) in [5.74, 6) is 0.984. The van der Waals surface area contributed by atoms with Gasteiger partial charge in [-0.25, -0.2) is 4.39 Å². The van der Waals surface area contributed by atoms with Crippen molar-refractivity contribution >= 4 is 5.91 Å². The quantitative estimate of drug-likeness (QED) is 0.607. The molecule has 4 rings (SSSR count). The molecule has 6 heteroatoms. The molecule has 3 aromatic rings. The summed E-state index contributed by atoms with van der Waals surface area (Å²) < 4.78 is 24.1. The first-order valence-electron chi connectivity index (χ1n) is 9.83. The number of amides is 1. The minimum Gasteiger partial charge on any atom is -0.497 e. The highest BCUT2D eigenvalue weighted by Gasteiger charge is 2.30. The molecule has 0 bridgehead atoms. The molecule has 2 aromatic carbocycles. The standard InChI is InChI=1S/C23H23FN2O3/c1-28-19-12-8-16(9-13-19)20-15-22(29-25-20)21-5-3-2-4-14-26(21)23(27)17-6-10-18(24)11-7-17/h6-13,15,21H,2-5,14H2,1H3/t21-/m0/s1. The lowest BCUT2D eigenvalue weighted by atomic mass is 10.0. The van der Waals surface area contributed by atoms with E-state index in [1.807, 2.05) is 35.2 Å². The second-order valence-electron chi connectivity index (χ2n) is 7.21. The Morgan fingerprint density at radius 3 is 2.59 bits per heavy atom. The van der Waals surface area contributed by atoms with E-state index < -0.39 is 0 Å². The van der Waals surface area contributed by atoms with Gasteiger partial charge in [-0.05, 0) is 61.4 Å². The fourth-order valence-electron chi connectivity index (χ4n) is 3.75. The Balaban J connectivity index is 1.61. The first-order chi connectivity index (χ1) is 14.2. The highest BCUT2D eigenvalue weighted by molar-refractivity contribution is 5.94. The average molecular weight is 394 g/mol. The predicted molar refractivity (Wildman–Crippen MR) is 107 cm³/mol. The maximum atomic E-state index is 13.3. The van der Waals surface area contributed by atoms with Crippen molar-refractivity contribution in [3.8, 4) is 17.0 Å². The molecular formula is C23H23FN2O3. The molecule has 1 aliphatic rings. The van der Waals surface area contributed by atoms with Crippen LogP contribution in [0.25, 0.3) is 11.3 Å². The largest absolute Gasteiger partial charge is 0.497 e. The number of hydrogen-bond donors (Lipinski definition) is 0. The average Bonchev–Trinajstić information content (AvgIpc) is 3.11. The molecule has 0 N–H and O–H groups in total. The summed E-state index contributed by atoms with van der Waals surface area (Å²) in [5, 5.41) is 4.22. The molecule has 1 atom stereocenters. The highest BCUT2D eigenvalue weighted by Crippen LogP contribution is 2.33. The minimum absolute atomic E-state index is 0.112. The zero-order valence-electron chi connectivity index (χ0n) is 16.3. The van der Waals surface area contributed by atoms with Gasteiger partial charge in [0.2, 0.25) is 0 Å². The SMILES string of the molecule is COc1ccc(-c2cc([C@@H]3CCCCCN3C(=O)c3ccc(F)cc3)on2)cc1. The van der Waals surface area contributed by atoms with E-state index in [0.29, 0.717) is 17.9 Å². The van der Waals surface area contributed by atoms with Crippen molar-refractivity contribution < 1.29 is 18.4 Å². The molecule has 0 radical (unpaired) electrons. The molecule has 1 amide bonds. The Labute approximate surface area is 169 Å². The number of likely N-dealkylation sites (tertiary alicyclic amines) is 1. The normalized spacial score (nSPS) is 17.0. The molecule has 0 spiro atoms. The van der Waals surface area contributed by atoms with E-state index in [0.717, 1.165) is 42.7 Å². The maximum absolute atomic E-state index is 13.3. The van der Waals surface area contributed by atoms with Crippen molar-refractivity contribution in [2.24, 2.45) is 0 Å². The fourth-order valence-corrected chi connectivity index (χ4v) is 3.75. The van der Waals surface area contributed by atoms with Crippen molar-refractivity contribution in [2.45, 2.75) is 31.7 Å². The van der Waals surface area contributed by atoms with Crippen LogP contribution in [0.5, 0.6) is 5.75 Å². The third-order valence-corrected chi connectivity index (χ3v) is 5.35. The van der Waals surface area contributed by atoms with Crippen LogP contribution >= 0.6 is 0 Å². The molecule has 1 aromatic heterocycles. The number of carbonyl (C=O) groups is 1. The number of benzene rings is 2. The number of rotatable bonds is 4. The molecule has 0 aliphatic carbocycles. The fraction of sp³-hybridized carbons (Fsp3) is 0.304. The van der Waals surface area contributed by atoms with Gasteiger partial charge in [0.05, 0.1) is 13.2 Å². The van der Waals surface area contributed by atoms with Gasteiger partial charge in [-0.2, -0.15) is 0 Å². The molecule has 1 aliphatic heterocycles. The van der Waals surface area contributed by atoms with E-state index in [1.165, 1.54) is 24.3 Å². The summed E-state index contributed by atoms with van der Waals surface area (Å²) >= 11 is 0. The number of carbonyl (C=O) groups excluding carboxylic acids is 1. The Bertz CT molecular complexity index is 967. The summed E-state index contributed by atoms with van der Waals surface area (Å²) in [6.07, 6.45) is 3.81. The van der Waals surface area contributed by atoms with Gasteiger partial charge >= 0.3 is 0 Å². The molecule has 29 heavy (non-hydrogen) atoms. The molecule has 2 heterocycles. The number of ether oxygens (including phenoxy) is 1. The van der Waals surface area contributed by atoms with E-state index in [-0.39, 0.29) is 17.8 Å². The van der Waals surface area contributed by atoms with Crippen LogP contribution in [0.1, 0.15) is 47.8 Å². The van der Waals surface area contributed by atoms with Gasteiger partial charge in [-0.3, -0.25) is 4.79 Å². The van der Waals surface area contributed by atoms with Crippen LogP contribution in [-0.2, 0) is 0 Å². The first-order valence-corrected chi connectivity index (χ1v) is 9.83. The zero-order chi connectivity index (χ0) is 20.2. The minimum atomic E-state index is -0.353. The van der Waals surface area contributed by atoms with Crippen molar-refractivity contribution in [1.29, 1.82) is 0 Å². The van der Waals surface area contributed by atoms with Crippen LogP contribution in [0.15, 0.2) is 59.1 Å².